The number of rotatable bonds is 10. The largest absolute Gasteiger partial charge is 0.475 e. The average molecular weight is 459 g/mol. The van der Waals surface area contributed by atoms with Gasteiger partial charge >= 0.3 is 0 Å². The first kappa shape index (κ1) is 22.9. The van der Waals surface area contributed by atoms with E-state index in [1.165, 1.54) is 6.20 Å². The van der Waals surface area contributed by atoms with Crippen LogP contribution >= 0.6 is 11.6 Å². The molecule has 3 rings (SSSR count). The predicted octanol–water partition coefficient (Wildman–Crippen LogP) is 4.30. The first-order valence-corrected chi connectivity index (χ1v) is 9.73. The monoisotopic (exact) mass is 458 g/mol. The molecule has 0 aliphatic heterocycles. The highest BCUT2D eigenvalue weighted by atomic mass is 35.5. The highest BCUT2D eigenvalue weighted by Crippen LogP contribution is 2.28. The molecule has 11 heteroatoms. The summed E-state index contributed by atoms with van der Waals surface area (Å²) in [4.78, 5) is 23.8. The van der Waals surface area contributed by atoms with Crippen molar-refractivity contribution in [1.29, 1.82) is 0 Å². The Balaban J connectivity index is 1.71. The Bertz CT molecular complexity index is 1100. The van der Waals surface area contributed by atoms with Gasteiger partial charge in [0.05, 0.1) is 35.4 Å². The quantitative estimate of drug-likeness (QED) is 0.304. The summed E-state index contributed by atoms with van der Waals surface area (Å²) in [6, 6.07) is 8.12. The molecule has 0 radical (unpaired) electrons. The minimum Gasteiger partial charge on any atom is -0.475 e. The third-order valence-corrected chi connectivity index (χ3v) is 4.28. The molecule has 9 nitrogen and oxygen atoms in total. The van der Waals surface area contributed by atoms with Crippen LogP contribution in [0.3, 0.4) is 0 Å². The summed E-state index contributed by atoms with van der Waals surface area (Å²) in [5.41, 5.74) is 1.38. The number of aromatic nitrogens is 3. The van der Waals surface area contributed by atoms with Crippen LogP contribution in [0.4, 0.5) is 33.2 Å². The Morgan fingerprint density at radius 1 is 1.16 bits per heavy atom. The lowest BCUT2D eigenvalue weighted by Gasteiger charge is -2.12. The van der Waals surface area contributed by atoms with Gasteiger partial charge in [-0.3, -0.25) is 4.79 Å². The van der Waals surface area contributed by atoms with Crippen molar-refractivity contribution < 1.29 is 18.7 Å². The first-order chi connectivity index (χ1) is 15.5. The van der Waals surface area contributed by atoms with Gasteiger partial charge in [-0.15, -0.1) is 0 Å². The number of nitrogens with zero attached hydrogens (tertiary/aromatic N) is 3. The highest BCUT2D eigenvalue weighted by molar-refractivity contribution is 6.34. The van der Waals surface area contributed by atoms with E-state index in [0.717, 1.165) is 12.3 Å². The number of benzene rings is 1. The molecule has 2 aromatic heterocycles. The zero-order chi connectivity index (χ0) is 22.9. The van der Waals surface area contributed by atoms with E-state index in [1.54, 1.807) is 37.4 Å². The molecular weight excluding hydrogens is 439 g/mol. The molecule has 3 N–H and O–H groups in total. The molecule has 0 unspecified atom stereocenters. The van der Waals surface area contributed by atoms with Gasteiger partial charge in [0.15, 0.2) is 11.6 Å². The van der Waals surface area contributed by atoms with Crippen LogP contribution in [-0.2, 0) is 9.53 Å². The van der Waals surface area contributed by atoms with Gasteiger partial charge in [-0.1, -0.05) is 18.2 Å². The molecule has 0 atom stereocenters. The van der Waals surface area contributed by atoms with E-state index in [1.807, 2.05) is 0 Å². The lowest BCUT2D eigenvalue weighted by atomic mass is 10.2. The Hall–Kier alpha value is -3.76. The lowest BCUT2D eigenvalue weighted by Crippen LogP contribution is -2.08. The number of pyridine rings is 1. The van der Waals surface area contributed by atoms with Crippen LogP contribution in [0.1, 0.15) is 0 Å². The Morgan fingerprint density at radius 2 is 1.97 bits per heavy atom. The standard InChI is InChI=1S/C21H20ClFN6O3/c1-3-18(30)28-17-10-13(4-6-15(17)22)26-20-16(23)12-25-21(29-20)27-14-5-7-19(24-11-14)32-9-8-31-2/h3-7,10-12H,1,8-9H2,2H3,(H,28,30)(H2,25,26,27,29). The summed E-state index contributed by atoms with van der Waals surface area (Å²) in [6.45, 7) is 4.23. The van der Waals surface area contributed by atoms with Gasteiger partial charge in [0.25, 0.3) is 0 Å². The maximum atomic E-state index is 14.3. The van der Waals surface area contributed by atoms with E-state index < -0.39 is 11.7 Å². The van der Waals surface area contributed by atoms with Crippen molar-refractivity contribution in [3.63, 3.8) is 0 Å². The van der Waals surface area contributed by atoms with Gasteiger partial charge in [0.1, 0.15) is 6.61 Å². The van der Waals surface area contributed by atoms with Crippen LogP contribution in [0.15, 0.2) is 55.4 Å². The third-order valence-electron chi connectivity index (χ3n) is 3.95. The van der Waals surface area contributed by atoms with Crippen molar-refractivity contribution in [2.75, 3.05) is 36.3 Å². The molecule has 0 saturated carbocycles. The first-order valence-electron chi connectivity index (χ1n) is 9.36. The summed E-state index contributed by atoms with van der Waals surface area (Å²) in [5.74, 6) is -0.567. The molecule has 0 aliphatic carbocycles. The number of carbonyl (C=O) groups is 1. The van der Waals surface area contributed by atoms with Gasteiger partial charge in [0, 0.05) is 18.9 Å². The van der Waals surface area contributed by atoms with Crippen LogP contribution in [0.5, 0.6) is 5.88 Å². The van der Waals surface area contributed by atoms with Crippen LogP contribution in [0.2, 0.25) is 5.02 Å². The molecule has 166 valence electrons. The van der Waals surface area contributed by atoms with Crippen molar-refractivity contribution >= 4 is 46.3 Å². The van der Waals surface area contributed by atoms with Gasteiger partial charge in [-0.2, -0.15) is 4.98 Å². The van der Waals surface area contributed by atoms with Crippen molar-refractivity contribution in [3.05, 3.63) is 66.2 Å². The second kappa shape index (κ2) is 11.0. The zero-order valence-corrected chi connectivity index (χ0v) is 17.8. The normalized spacial score (nSPS) is 10.3. The summed E-state index contributed by atoms with van der Waals surface area (Å²) >= 11 is 6.09. The maximum absolute atomic E-state index is 14.3. The number of halogens is 2. The van der Waals surface area contributed by atoms with Crippen molar-refractivity contribution in [3.8, 4) is 5.88 Å². The van der Waals surface area contributed by atoms with E-state index >= 15 is 0 Å². The minimum absolute atomic E-state index is 0.0710. The second-order valence-electron chi connectivity index (χ2n) is 6.25. The smallest absolute Gasteiger partial charge is 0.247 e. The lowest BCUT2D eigenvalue weighted by molar-refractivity contribution is -0.111. The summed E-state index contributed by atoms with van der Waals surface area (Å²) in [7, 11) is 1.59. The number of methoxy groups -OCH3 is 1. The third kappa shape index (κ3) is 6.37. The summed E-state index contributed by atoms with van der Waals surface area (Å²) < 4.78 is 24.6. The number of carbonyl (C=O) groups excluding carboxylic acids is 1. The highest BCUT2D eigenvalue weighted by Gasteiger charge is 2.10. The number of nitrogens with one attached hydrogen (secondary N) is 3. The molecule has 3 aromatic rings. The van der Waals surface area contributed by atoms with Gasteiger partial charge < -0.3 is 25.4 Å². The molecule has 1 amide bonds. The SMILES string of the molecule is C=CC(=O)Nc1cc(Nc2nc(Nc3ccc(OCCOC)nc3)ncc2F)ccc1Cl. The zero-order valence-electron chi connectivity index (χ0n) is 17.1. The number of ether oxygens (including phenoxy) is 2. The van der Waals surface area contributed by atoms with Crippen molar-refractivity contribution in [2.24, 2.45) is 0 Å². The topological polar surface area (TPSA) is 110 Å². The number of amides is 1. The number of hydrogen-bond acceptors (Lipinski definition) is 8. The molecule has 0 aliphatic rings. The molecule has 0 fully saturated rings. The van der Waals surface area contributed by atoms with Gasteiger partial charge in [0.2, 0.25) is 17.7 Å². The molecule has 2 heterocycles. The summed E-state index contributed by atoms with van der Waals surface area (Å²) in [6.07, 6.45) is 3.69. The second-order valence-corrected chi connectivity index (χ2v) is 6.66. The molecule has 1 aromatic carbocycles. The molecule has 0 bridgehead atoms. The fraction of sp³-hybridized carbons (Fsp3) is 0.143. The average Bonchev–Trinajstić information content (AvgIpc) is 2.79. The number of hydrogen-bond donors (Lipinski definition) is 3. The molecular formula is C21H20ClFN6O3. The van der Waals surface area contributed by atoms with Crippen LogP contribution in [0, 0.1) is 5.82 Å². The Labute approximate surface area is 188 Å². The van der Waals surface area contributed by atoms with Crippen LogP contribution in [0.25, 0.3) is 0 Å². The predicted molar refractivity (Wildman–Crippen MR) is 120 cm³/mol. The van der Waals surface area contributed by atoms with Crippen LogP contribution < -0.4 is 20.7 Å². The van der Waals surface area contributed by atoms with E-state index in [9.17, 15) is 9.18 Å². The fourth-order valence-corrected chi connectivity index (χ4v) is 2.60. The Morgan fingerprint density at radius 3 is 2.69 bits per heavy atom. The molecule has 32 heavy (non-hydrogen) atoms. The van der Waals surface area contributed by atoms with Gasteiger partial charge in [-0.05, 0) is 30.3 Å². The number of anilines is 5. The van der Waals surface area contributed by atoms with Gasteiger partial charge in [-0.25, -0.2) is 14.4 Å². The fourth-order valence-electron chi connectivity index (χ4n) is 2.43. The minimum atomic E-state index is -0.665. The maximum Gasteiger partial charge on any atom is 0.247 e. The van der Waals surface area contributed by atoms with E-state index in [-0.39, 0.29) is 11.8 Å². The molecule has 0 saturated heterocycles. The van der Waals surface area contributed by atoms with Crippen molar-refractivity contribution in [1.82, 2.24) is 15.0 Å². The Kier molecular flexibility index (Phi) is 7.90. The van der Waals surface area contributed by atoms with E-state index in [4.69, 9.17) is 21.1 Å². The summed E-state index contributed by atoms with van der Waals surface area (Å²) in [5, 5.41) is 8.68. The van der Waals surface area contributed by atoms with Crippen molar-refractivity contribution in [2.45, 2.75) is 0 Å². The van der Waals surface area contributed by atoms with Crippen LogP contribution in [-0.4, -0.2) is 41.2 Å². The molecule has 0 spiro atoms. The van der Waals surface area contributed by atoms with E-state index in [2.05, 4.69) is 37.5 Å². The van der Waals surface area contributed by atoms with E-state index in [0.29, 0.717) is 41.2 Å².